The molecule has 0 aliphatic heterocycles. The molecule has 0 fully saturated rings. The zero-order valence-corrected chi connectivity index (χ0v) is 12.7. The third-order valence-corrected chi connectivity index (χ3v) is 4.51. The lowest BCUT2D eigenvalue weighted by Crippen LogP contribution is -2.38. The van der Waals surface area contributed by atoms with Gasteiger partial charge >= 0.3 is 0 Å². The van der Waals surface area contributed by atoms with Crippen molar-refractivity contribution < 1.29 is 0 Å². The van der Waals surface area contributed by atoms with Crippen LogP contribution in [-0.2, 0) is 6.42 Å². The van der Waals surface area contributed by atoms with E-state index in [1.165, 1.54) is 16.3 Å². The van der Waals surface area contributed by atoms with Crippen LogP contribution in [0.25, 0.3) is 0 Å². The first-order chi connectivity index (χ1) is 7.98. The quantitative estimate of drug-likeness (QED) is 0.751. The van der Waals surface area contributed by atoms with Gasteiger partial charge in [-0.25, -0.2) is 4.98 Å². The van der Waals surface area contributed by atoms with Crippen LogP contribution in [0.15, 0.2) is 6.20 Å². The second kappa shape index (κ2) is 6.50. The Morgan fingerprint density at radius 3 is 2.65 bits per heavy atom. The van der Waals surface area contributed by atoms with Gasteiger partial charge in [0.15, 0.2) is 0 Å². The van der Waals surface area contributed by atoms with Crippen molar-refractivity contribution >= 4 is 11.3 Å². The molecule has 0 radical (unpaired) electrons. The molecule has 0 saturated carbocycles. The van der Waals surface area contributed by atoms with Crippen molar-refractivity contribution in [2.24, 2.45) is 11.3 Å². The third kappa shape index (κ3) is 4.40. The molecule has 1 heterocycles. The van der Waals surface area contributed by atoms with Gasteiger partial charge in [-0.1, -0.05) is 27.7 Å². The highest BCUT2D eigenvalue weighted by molar-refractivity contribution is 7.11. The van der Waals surface area contributed by atoms with Crippen LogP contribution in [0, 0.1) is 18.3 Å². The molecule has 1 N–H and O–H groups in total. The van der Waals surface area contributed by atoms with E-state index in [-0.39, 0.29) is 0 Å². The molecule has 1 rings (SSSR count). The average molecular weight is 254 g/mol. The van der Waals surface area contributed by atoms with E-state index >= 15 is 0 Å². The number of aromatic nitrogens is 1. The summed E-state index contributed by atoms with van der Waals surface area (Å²) in [5.41, 5.74) is 0.328. The molecule has 17 heavy (non-hydrogen) atoms. The lowest BCUT2D eigenvalue weighted by atomic mass is 9.76. The summed E-state index contributed by atoms with van der Waals surface area (Å²) in [4.78, 5) is 5.77. The van der Waals surface area contributed by atoms with Crippen LogP contribution in [-0.4, -0.2) is 18.1 Å². The summed E-state index contributed by atoms with van der Waals surface area (Å²) in [5, 5.41) is 4.74. The molecule has 98 valence electrons. The predicted molar refractivity (Wildman–Crippen MR) is 76.7 cm³/mol. The Hall–Kier alpha value is -0.410. The molecular formula is C14H26N2S. The van der Waals surface area contributed by atoms with Gasteiger partial charge in [-0.05, 0) is 37.6 Å². The van der Waals surface area contributed by atoms with Crippen molar-refractivity contribution in [3.05, 3.63) is 16.1 Å². The van der Waals surface area contributed by atoms with E-state index in [1.807, 2.05) is 17.5 Å². The minimum atomic E-state index is 0.328. The molecule has 0 aromatic carbocycles. The molecule has 2 nitrogen and oxygen atoms in total. The van der Waals surface area contributed by atoms with Crippen molar-refractivity contribution in [2.75, 3.05) is 13.1 Å². The van der Waals surface area contributed by atoms with Gasteiger partial charge in [0, 0.05) is 17.6 Å². The molecule has 3 heteroatoms. The summed E-state index contributed by atoms with van der Waals surface area (Å²) in [7, 11) is 0. The normalized spacial score (nSPS) is 15.2. The second-order valence-corrected chi connectivity index (χ2v) is 6.83. The van der Waals surface area contributed by atoms with Gasteiger partial charge in [-0.2, -0.15) is 0 Å². The number of thiazole rings is 1. The largest absolute Gasteiger partial charge is 0.316 e. The Morgan fingerprint density at radius 1 is 1.47 bits per heavy atom. The van der Waals surface area contributed by atoms with Crippen LogP contribution in [0.2, 0.25) is 0 Å². The Morgan fingerprint density at radius 2 is 2.18 bits per heavy atom. The van der Waals surface area contributed by atoms with E-state index in [0.29, 0.717) is 11.3 Å². The minimum Gasteiger partial charge on any atom is -0.316 e. The number of hydrogen-bond donors (Lipinski definition) is 1. The Balaban J connectivity index is 2.64. The maximum Gasteiger partial charge on any atom is 0.0896 e. The summed E-state index contributed by atoms with van der Waals surface area (Å²) in [6, 6.07) is 0. The van der Waals surface area contributed by atoms with Crippen LogP contribution in [0.3, 0.4) is 0 Å². The zero-order chi connectivity index (χ0) is 12.9. The van der Waals surface area contributed by atoms with Crippen molar-refractivity contribution in [1.82, 2.24) is 10.3 Å². The van der Waals surface area contributed by atoms with Crippen LogP contribution < -0.4 is 5.32 Å². The first-order valence-electron chi connectivity index (χ1n) is 6.60. The highest BCUT2D eigenvalue weighted by atomic mass is 32.1. The molecule has 0 bridgehead atoms. The molecule has 0 spiro atoms. The fourth-order valence-corrected chi connectivity index (χ4v) is 2.90. The lowest BCUT2D eigenvalue weighted by Gasteiger charge is -2.33. The van der Waals surface area contributed by atoms with Crippen molar-refractivity contribution in [3.63, 3.8) is 0 Å². The summed E-state index contributed by atoms with van der Waals surface area (Å²) in [6.07, 6.45) is 4.38. The highest BCUT2D eigenvalue weighted by Crippen LogP contribution is 2.32. The summed E-state index contributed by atoms with van der Waals surface area (Å²) < 4.78 is 0. The first kappa shape index (κ1) is 14.7. The number of hydrogen-bond acceptors (Lipinski definition) is 3. The molecule has 0 saturated heterocycles. The standard InChI is InChI=1S/C14H26N2S/c1-6-7-15-10-14(5,11(2)3)8-13-9-16-12(4)17-13/h9,11,15H,6-8,10H2,1-5H3. The van der Waals surface area contributed by atoms with Gasteiger partial charge in [-0.15, -0.1) is 11.3 Å². The van der Waals surface area contributed by atoms with Crippen molar-refractivity contribution in [1.29, 1.82) is 0 Å². The third-order valence-electron chi connectivity index (χ3n) is 3.60. The van der Waals surface area contributed by atoms with Crippen LogP contribution >= 0.6 is 11.3 Å². The molecule has 1 unspecified atom stereocenters. The highest BCUT2D eigenvalue weighted by Gasteiger charge is 2.28. The maximum atomic E-state index is 4.35. The van der Waals surface area contributed by atoms with Gasteiger partial charge in [0.25, 0.3) is 0 Å². The fraction of sp³-hybridized carbons (Fsp3) is 0.786. The molecule has 0 aliphatic rings. The van der Waals surface area contributed by atoms with E-state index in [1.54, 1.807) is 0 Å². The van der Waals surface area contributed by atoms with E-state index in [0.717, 1.165) is 19.5 Å². The van der Waals surface area contributed by atoms with Gasteiger partial charge in [-0.3, -0.25) is 0 Å². The van der Waals surface area contributed by atoms with Crippen molar-refractivity contribution in [2.45, 2.75) is 47.5 Å². The molecular weight excluding hydrogens is 228 g/mol. The summed E-state index contributed by atoms with van der Waals surface area (Å²) in [6.45, 7) is 13.5. The Bertz CT molecular complexity index is 333. The smallest absolute Gasteiger partial charge is 0.0896 e. The zero-order valence-electron chi connectivity index (χ0n) is 11.8. The number of aryl methyl sites for hydroxylation is 1. The molecule has 1 aromatic heterocycles. The van der Waals surface area contributed by atoms with Crippen LogP contribution in [0.1, 0.15) is 44.0 Å². The number of rotatable bonds is 7. The summed E-state index contributed by atoms with van der Waals surface area (Å²) in [5.74, 6) is 0.675. The number of nitrogens with one attached hydrogen (secondary N) is 1. The summed E-state index contributed by atoms with van der Waals surface area (Å²) >= 11 is 1.83. The molecule has 0 aliphatic carbocycles. The fourth-order valence-electron chi connectivity index (χ4n) is 1.91. The van der Waals surface area contributed by atoms with Gasteiger partial charge in [0.1, 0.15) is 0 Å². The van der Waals surface area contributed by atoms with Crippen LogP contribution in [0.5, 0.6) is 0 Å². The molecule has 0 amide bonds. The Kier molecular flexibility index (Phi) is 5.60. The topological polar surface area (TPSA) is 24.9 Å². The van der Waals surface area contributed by atoms with E-state index < -0.39 is 0 Å². The van der Waals surface area contributed by atoms with Crippen LogP contribution in [0.4, 0.5) is 0 Å². The average Bonchev–Trinajstić information content (AvgIpc) is 2.64. The monoisotopic (exact) mass is 254 g/mol. The van der Waals surface area contributed by atoms with Gasteiger partial charge in [0.2, 0.25) is 0 Å². The Labute approximate surface area is 110 Å². The number of nitrogens with zero attached hydrogens (tertiary/aromatic N) is 1. The second-order valence-electron chi connectivity index (χ2n) is 5.51. The lowest BCUT2D eigenvalue weighted by molar-refractivity contribution is 0.209. The SMILES string of the molecule is CCCNCC(C)(Cc1cnc(C)s1)C(C)C. The van der Waals surface area contributed by atoms with E-state index in [9.17, 15) is 0 Å². The van der Waals surface area contributed by atoms with Gasteiger partial charge in [0.05, 0.1) is 5.01 Å². The predicted octanol–water partition coefficient (Wildman–Crippen LogP) is 3.66. The minimum absolute atomic E-state index is 0.328. The first-order valence-corrected chi connectivity index (χ1v) is 7.41. The van der Waals surface area contributed by atoms with E-state index in [2.05, 4.69) is 44.9 Å². The molecule has 1 atom stereocenters. The van der Waals surface area contributed by atoms with Crippen molar-refractivity contribution in [3.8, 4) is 0 Å². The maximum absolute atomic E-state index is 4.35. The van der Waals surface area contributed by atoms with E-state index in [4.69, 9.17) is 0 Å². The van der Waals surface area contributed by atoms with Gasteiger partial charge < -0.3 is 5.32 Å². The molecule has 1 aromatic rings.